The number of rotatable bonds is 4. The molecule has 0 saturated carbocycles. The molecule has 1 N–H and O–H groups in total. The van der Waals surface area contributed by atoms with Crippen molar-refractivity contribution >= 4 is 21.6 Å². The molecule has 0 amide bonds. The largest absolute Gasteiger partial charge is 0.376 e. The molecule has 21 heavy (non-hydrogen) atoms. The minimum Gasteiger partial charge on any atom is -0.376 e. The first-order valence-corrected chi connectivity index (χ1v) is 7.08. The number of hydrogen-bond acceptors (Lipinski definition) is 4. The summed E-state index contributed by atoms with van der Waals surface area (Å²) in [7, 11) is 0. The van der Waals surface area contributed by atoms with E-state index in [0.29, 0.717) is 28.3 Å². The zero-order chi connectivity index (χ0) is 14.7. The monoisotopic (exact) mass is 347 g/mol. The molecule has 0 aliphatic rings. The van der Waals surface area contributed by atoms with Gasteiger partial charge >= 0.3 is 0 Å². The molecule has 4 nitrogen and oxygen atoms in total. The van der Waals surface area contributed by atoms with E-state index in [0.717, 1.165) is 5.69 Å². The SMILES string of the molecule is Fc1ccc(-c2noc(CNc3ccccc3)n2)c(Br)c1. The summed E-state index contributed by atoms with van der Waals surface area (Å²) >= 11 is 3.29. The van der Waals surface area contributed by atoms with Gasteiger partial charge in [0.2, 0.25) is 11.7 Å². The Bertz CT molecular complexity index is 746. The van der Waals surface area contributed by atoms with Crippen LogP contribution >= 0.6 is 15.9 Å². The lowest BCUT2D eigenvalue weighted by Gasteiger charge is -2.01. The number of anilines is 1. The summed E-state index contributed by atoms with van der Waals surface area (Å²) in [6.45, 7) is 0.426. The number of para-hydroxylation sites is 1. The molecule has 3 rings (SSSR count). The average molecular weight is 348 g/mol. The lowest BCUT2D eigenvalue weighted by Crippen LogP contribution is -1.99. The summed E-state index contributed by atoms with van der Waals surface area (Å²) in [5, 5.41) is 7.09. The first-order valence-electron chi connectivity index (χ1n) is 6.29. The second kappa shape index (κ2) is 6.05. The molecule has 0 spiro atoms. The highest BCUT2D eigenvalue weighted by Crippen LogP contribution is 2.26. The van der Waals surface area contributed by atoms with E-state index in [2.05, 4.69) is 31.4 Å². The Labute approximate surface area is 129 Å². The van der Waals surface area contributed by atoms with Gasteiger partial charge in [0.05, 0.1) is 6.54 Å². The Morgan fingerprint density at radius 1 is 1.14 bits per heavy atom. The highest BCUT2D eigenvalue weighted by atomic mass is 79.9. The van der Waals surface area contributed by atoms with E-state index in [1.54, 1.807) is 6.07 Å². The second-order valence-electron chi connectivity index (χ2n) is 4.36. The van der Waals surface area contributed by atoms with Crippen LogP contribution in [0.2, 0.25) is 0 Å². The maximum Gasteiger partial charge on any atom is 0.246 e. The molecule has 1 heterocycles. The van der Waals surface area contributed by atoms with Gasteiger partial charge in [-0.15, -0.1) is 0 Å². The van der Waals surface area contributed by atoms with Crippen LogP contribution in [0.1, 0.15) is 5.89 Å². The van der Waals surface area contributed by atoms with Gasteiger partial charge in [0.25, 0.3) is 0 Å². The van der Waals surface area contributed by atoms with Crippen molar-refractivity contribution in [3.05, 3.63) is 64.7 Å². The standard InChI is InChI=1S/C15H11BrFN3O/c16-13-8-10(17)6-7-12(13)15-19-14(21-20-15)9-18-11-4-2-1-3-5-11/h1-8,18H,9H2. The van der Waals surface area contributed by atoms with Gasteiger partial charge in [-0.2, -0.15) is 4.98 Å². The molecule has 1 aromatic heterocycles. The van der Waals surface area contributed by atoms with Crippen molar-refractivity contribution < 1.29 is 8.91 Å². The van der Waals surface area contributed by atoms with E-state index in [4.69, 9.17) is 4.52 Å². The third-order valence-electron chi connectivity index (χ3n) is 2.86. The molecule has 0 unspecified atom stereocenters. The second-order valence-corrected chi connectivity index (χ2v) is 5.21. The van der Waals surface area contributed by atoms with Crippen LogP contribution in [0.4, 0.5) is 10.1 Å². The lowest BCUT2D eigenvalue weighted by molar-refractivity contribution is 0.384. The number of benzene rings is 2. The fourth-order valence-electron chi connectivity index (χ4n) is 1.84. The molecule has 2 aromatic carbocycles. The molecule has 0 radical (unpaired) electrons. The van der Waals surface area contributed by atoms with Gasteiger partial charge in [0, 0.05) is 15.7 Å². The molecular formula is C15H11BrFN3O. The van der Waals surface area contributed by atoms with Crippen molar-refractivity contribution in [2.45, 2.75) is 6.54 Å². The number of nitrogens with zero attached hydrogens (tertiary/aromatic N) is 2. The molecule has 3 aromatic rings. The first-order chi connectivity index (χ1) is 10.2. The molecule has 0 aliphatic carbocycles. The van der Waals surface area contributed by atoms with Crippen molar-refractivity contribution in [1.29, 1.82) is 0 Å². The van der Waals surface area contributed by atoms with Crippen molar-refractivity contribution in [3.63, 3.8) is 0 Å². The Kier molecular flexibility index (Phi) is 3.96. The van der Waals surface area contributed by atoms with Crippen molar-refractivity contribution in [2.24, 2.45) is 0 Å². The van der Waals surface area contributed by atoms with Crippen LogP contribution in [0.3, 0.4) is 0 Å². The summed E-state index contributed by atoms with van der Waals surface area (Å²) in [6.07, 6.45) is 0. The third kappa shape index (κ3) is 3.28. The molecule has 6 heteroatoms. The van der Waals surface area contributed by atoms with Gasteiger partial charge in [-0.3, -0.25) is 0 Å². The molecule has 0 atom stereocenters. The Hall–Kier alpha value is -2.21. The van der Waals surface area contributed by atoms with Crippen LogP contribution in [0.25, 0.3) is 11.4 Å². The molecule has 0 fully saturated rings. The topological polar surface area (TPSA) is 51.0 Å². The minimum atomic E-state index is -0.319. The van der Waals surface area contributed by atoms with Crippen molar-refractivity contribution in [2.75, 3.05) is 5.32 Å². The van der Waals surface area contributed by atoms with E-state index in [-0.39, 0.29) is 5.82 Å². The summed E-state index contributed by atoms with van der Waals surface area (Å²) in [6, 6.07) is 14.1. The van der Waals surface area contributed by atoms with Gasteiger partial charge in [-0.05, 0) is 46.3 Å². The van der Waals surface area contributed by atoms with Gasteiger partial charge in [-0.1, -0.05) is 23.4 Å². The van der Waals surface area contributed by atoms with Crippen LogP contribution in [0, 0.1) is 5.82 Å². The molecule has 106 valence electrons. The summed E-state index contributed by atoms with van der Waals surface area (Å²) < 4.78 is 18.8. The van der Waals surface area contributed by atoms with E-state index in [1.807, 2.05) is 30.3 Å². The van der Waals surface area contributed by atoms with Crippen LogP contribution in [0.5, 0.6) is 0 Å². The fraction of sp³-hybridized carbons (Fsp3) is 0.0667. The third-order valence-corrected chi connectivity index (χ3v) is 3.51. The van der Waals surface area contributed by atoms with E-state index in [9.17, 15) is 4.39 Å². The van der Waals surface area contributed by atoms with Gasteiger partial charge in [0.15, 0.2) is 0 Å². The predicted octanol–water partition coefficient (Wildman–Crippen LogP) is 4.25. The van der Waals surface area contributed by atoms with Crippen LogP contribution in [-0.2, 0) is 6.54 Å². The zero-order valence-electron chi connectivity index (χ0n) is 10.9. The van der Waals surface area contributed by atoms with Crippen molar-refractivity contribution in [1.82, 2.24) is 10.1 Å². The van der Waals surface area contributed by atoms with E-state index < -0.39 is 0 Å². The molecule has 0 bridgehead atoms. The number of nitrogens with one attached hydrogen (secondary N) is 1. The smallest absolute Gasteiger partial charge is 0.246 e. The zero-order valence-corrected chi connectivity index (χ0v) is 12.5. The maximum atomic E-state index is 13.1. The molecule has 0 aliphatic heterocycles. The van der Waals surface area contributed by atoms with Crippen LogP contribution in [-0.4, -0.2) is 10.1 Å². The Morgan fingerprint density at radius 2 is 1.95 bits per heavy atom. The highest BCUT2D eigenvalue weighted by molar-refractivity contribution is 9.10. The lowest BCUT2D eigenvalue weighted by atomic mass is 10.2. The van der Waals surface area contributed by atoms with E-state index >= 15 is 0 Å². The number of halogens is 2. The maximum absolute atomic E-state index is 13.1. The Balaban J connectivity index is 1.74. The normalized spacial score (nSPS) is 10.6. The van der Waals surface area contributed by atoms with Gasteiger partial charge in [0.1, 0.15) is 5.82 Å². The Morgan fingerprint density at radius 3 is 2.71 bits per heavy atom. The predicted molar refractivity (Wildman–Crippen MR) is 81.2 cm³/mol. The number of aromatic nitrogens is 2. The summed E-state index contributed by atoms with van der Waals surface area (Å²) in [4.78, 5) is 4.29. The minimum absolute atomic E-state index is 0.319. The highest BCUT2D eigenvalue weighted by Gasteiger charge is 2.12. The number of hydrogen-bond donors (Lipinski definition) is 1. The molecule has 0 saturated heterocycles. The fourth-order valence-corrected chi connectivity index (χ4v) is 2.37. The van der Waals surface area contributed by atoms with Crippen LogP contribution in [0.15, 0.2) is 57.5 Å². The summed E-state index contributed by atoms with van der Waals surface area (Å²) in [5.74, 6) is 0.567. The molecular weight excluding hydrogens is 337 g/mol. The summed E-state index contributed by atoms with van der Waals surface area (Å²) in [5.41, 5.74) is 1.66. The van der Waals surface area contributed by atoms with Crippen LogP contribution < -0.4 is 5.32 Å². The average Bonchev–Trinajstić information content (AvgIpc) is 2.95. The quantitative estimate of drug-likeness (QED) is 0.766. The van der Waals surface area contributed by atoms with Crippen molar-refractivity contribution in [3.8, 4) is 11.4 Å². The van der Waals surface area contributed by atoms with Gasteiger partial charge in [-0.25, -0.2) is 4.39 Å². The van der Waals surface area contributed by atoms with E-state index in [1.165, 1.54) is 12.1 Å². The van der Waals surface area contributed by atoms with Gasteiger partial charge < -0.3 is 9.84 Å². The first kappa shape index (κ1) is 13.8.